The number of hydrogen-bond acceptors (Lipinski definition) is 1. The van der Waals surface area contributed by atoms with Crippen LogP contribution in [0.3, 0.4) is 0 Å². The lowest BCUT2D eigenvalue weighted by molar-refractivity contribution is 0.605. The largest absolute Gasteiger partial charge is 0.253 e. The summed E-state index contributed by atoms with van der Waals surface area (Å²) < 4.78 is 27.4. The van der Waals surface area contributed by atoms with E-state index in [0.717, 1.165) is 0 Å². The van der Waals surface area contributed by atoms with Gasteiger partial charge in [0, 0.05) is 22.7 Å². The molecule has 2 rings (SSSR count). The van der Waals surface area contributed by atoms with E-state index in [1.807, 2.05) is 0 Å². The van der Waals surface area contributed by atoms with Gasteiger partial charge in [0.05, 0.1) is 0 Å². The highest BCUT2D eigenvalue weighted by Gasteiger charge is 2.13. The van der Waals surface area contributed by atoms with E-state index < -0.39 is 11.6 Å². The van der Waals surface area contributed by atoms with Gasteiger partial charge in [0.15, 0.2) is 5.82 Å². The molecular formula is C12H8BrF2N. The summed E-state index contributed by atoms with van der Waals surface area (Å²) >= 11 is 3.17. The SMILES string of the molecule is Fc1ccccc1-c1nccc(CBr)c1F. The van der Waals surface area contributed by atoms with Crippen LogP contribution >= 0.6 is 15.9 Å². The quantitative estimate of drug-likeness (QED) is 0.762. The fourth-order valence-electron chi connectivity index (χ4n) is 1.43. The van der Waals surface area contributed by atoms with Crippen LogP contribution in [0.2, 0.25) is 0 Å². The van der Waals surface area contributed by atoms with Gasteiger partial charge >= 0.3 is 0 Å². The third-order valence-corrected chi connectivity index (χ3v) is 2.85. The molecular weight excluding hydrogens is 276 g/mol. The smallest absolute Gasteiger partial charge is 0.153 e. The minimum atomic E-state index is -0.482. The van der Waals surface area contributed by atoms with Crippen molar-refractivity contribution in [3.63, 3.8) is 0 Å². The van der Waals surface area contributed by atoms with E-state index in [1.165, 1.54) is 18.3 Å². The molecule has 0 amide bonds. The second-order valence-corrected chi connectivity index (χ2v) is 3.81. The predicted molar refractivity (Wildman–Crippen MR) is 62.2 cm³/mol. The molecule has 4 heteroatoms. The van der Waals surface area contributed by atoms with Crippen LogP contribution in [0.1, 0.15) is 5.56 Å². The Hall–Kier alpha value is -1.29. The molecule has 2 aromatic rings. The number of pyridine rings is 1. The Labute approximate surface area is 100 Å². The maximum absolute atomic E-state index is 13.9. The molecule has 1 heterocycles. The molecule has 0 unspecified atom stereocenters. The van der Waals surface area contributed by atoms with Crippen molar-refractivity contribution in [3.8, 4) is 11.3 Å². The summed E-state index contributed by atoms with van der Waals surface area (Å²) in [5, 5.41) is 0.378. The van der Waals surface area contributed by atoms with Crippen LogP contribution in [0.15, 0.2) is 36.5 Å². The minimum absolute atomic E-state index is 0.0510. The van der Waals surface area contributed by atoms with Gasteiger partial charge in [-0.05, 0) is 18.2 Å². The topological polar surface area (TPSA) is 12.9 Å². The van der Waals surface area contributed by atoms with Gasteiger partial charge in [0.25, 0.3) is 0 Å². The highest BCUT2D eigenvalue weighted by molar-refractivity contribution is 9.08. The molecule has 1 aromatic carbocycles. The van der Waals surface area contributed by atoms with Crippen molar-refractivity contribution in [1.29, 1.82) is 0 Å². The van der Waals surface area contributed by atoms with Crippen molar-refractivity contribution in [2.45, 2.75) is 5.33 Å². The number of halogens is 3. The van der Waals surface area contributed by atoms with Crippen LogP contribution < -0.4 is 0 Å². The van der Waals surface area contributed by atoms with Crippen molar-refractivity contribution in [1.82, 2.24) is 4.98 Å². The second kappa shape index (κ2) is 4.70. The average Bonchev–Trinajstić information content (AvgIpc) is 2.31. The summed E-state index contributed by atoms with van der Waals surface area (Å²) in [5.74, 6) is -0.954. The molecule has 0 spiro atoms. The second-order valence-electron chi connectivity index (χ2n) is 3.25. The third-order valence-electron chi connectivity index (χ3n) is 2.24. The van der Waals surface area contributed by atoms with Gasteiger partial charge in [-0.15, -0.1) is 0 Å². The van der Waals surface area contributed by atoms with Crippen LogP contribution in [-0.4, -0.2) is 4.98 Å². The summed E-state index contributed by atoms with van der Waals surface area (Å²) in [7, 11) is 0. The summed E-state index contributed by atoms with van der Waals surface area (Å²) in [6.07, 6.45) is 1.47. The Morgan fingerprint density at radius 1 is 1.12 bits per heavy atom. The third kappa shape index (κ3) is 1.97. The normalized spacial score (nSPS) is 10.4. The van der Waals surface area contributed by atoms with E-state index in [9.17, 15) is 8.78 Å². The van der Waals surface area contributed by atoms with Crippen LogP contribution in [0.5, 0.6) is 0 Å². The fourth-order valence-corrected chi connectivity index (χ4v) is 1.86. The summed E-state index contributed by atoms with van der Waals surface area (Å²) in [6, 6.07) is 7.58. The molecule has 0 aliphatic carbocycles. The molecule has 16 heavy (non-hydrogen) atoms. The molecule has 0 atom stereocenters. The van der Waals surface area contributed by atoms with Crippen molar-refractivity contribution >= 4 is 15.9 Å². The highest BCUT2D eigenvalue weighted by Crippen LogP contribution is 2.25. The first-order valence-corrected chi connectivity index (χ1v) is 5.80. The Morgan fingerprint density at radius 2 is 1.88 bits per heavy atom. The van der Waals surface area contributed by atoms with Crippen molar-refractivity contribution in [2.75, 3.05) is 0 Å². The average molecular weight is 284 g/mol. The first kappa shape index (κ1) is 11.2. The van der Waals surface area contributed by atoms with E-state index in [1.54, 1.807) is 18.2 Å². The number of alkyl halides is 1. The Bertz CT molecular complexity index is 514. The standard InChI is InChI=1S/C12H8BrF2N/c13-7-8-5-6-16-12(11(8)15)9-3-1-2-4-10(9)14/h1-6H,7H2. The monoisotopic (exact) mass is 283 g/mol. The van der Waals surface area contributed by atoms with Crippen molar-refractivity contribution in [3.05, 3.63) is 53.7 Å². The molecule has 1 nitrogen and oxygen atoms in total. The van der Waals surface area contributed by atoms with E-state index in [4.69, 9.17) is 0 Å². The highest BCUT2D eigenvalue weighted by atomic mass is 79.9. The number of nitrogens with zero attached hydrogens (tertiary/aromatic N) is 1. The zero-order valence-electron chi connectivity index (χ0n) is 8.25. The lowest BCUT2D eigenvalue weighted by Crippen LogP contribution is -1.95. The lowest BCUT2D eigenvalue weighted by Gasteiger charge is -2.06. The maximum Gasteiger partial charge on any atom is 0.153 e. The zero-order valence-corrected chi connectivity index (χ0v) is 9.84. The zero-order chi connectivity index (χ0) is 11.5. The number of hydrogen-bond donors (Lipinski definition) is 0. The van der Waals surface area contributed by atoms with E-state index in [2.05, 4.69) is 20.9 Å². The molecule has 0 fully saturated rings. The first-order valence-electron chi connectivity index (χ1n) is 4.68. The van der Waals surface area contributed by atoms with Crippen LogP contribution in [0.25, 0.3) is 11.3 Å². The van der Waals surface area contributed by atoms with Crippen molar-refractivity contribution in [2.24, 2.45) is 0 Å². The first-order chi connectivity index (χ1) is 7.74. The molecule has 1 aromatic heterocycles. The Morgan fingerprint density at radius 3 is 2.56 bits per heavy atom. The fraction of sp³-hybridized carbons (Fsp3) is 0.0833. The molecule has 0 saturated heterocycles. The maximum atomic E-state index is 13.9. The lowest BCUT2D eigenvalue weighted by atomic mass is 10.1. The van der Waals surface area contributed by atoms with Crippen molar-refractivity contribution < 1.29 is 8.78 Å². The van der Waals surface area contributed by atoms with Crippen LogP contribution in [0, 0.1) is 11.6 Å². The van der Waals surface area contributed by atoms with Crippen LogP contribution in [-0.2, 0) is 5.33 Å². The van der Waals surface area contributed by atoms with Gasteiger partial charge < -0.3 is 0 Å². The van der Waals surface area contributed by atoms with Gasteiger partial charge in [-0.1, -0.05) is 28.1 Å². The Balaban J connectivity index is 2.61. The number of rotatable bonds is 2. The molecule has 0 saturated carbocycles. The predicted octanol–water partition coefficient (Wildman–Crippen LogP) is 3.92. The van der Waals surface area contributed by atoms with Gasteiger partial charge in [0.2, 0.25) is 0 Å². The van der Waals surface area contributed by atoms with E-state index in [0.29, 0.717) is 10.9 Å². The minimum Gasteiger partial charge on any atom is -0.253 e. The molecule has 0 aliphatic rings. The van der Waals surface area contributed by atoms with E-state index in [-0.39, 0.29) is 11.3 Å². The molecule has 82 valence electrons. The molecule has 0 bridgehead atoms. The molecule has 0 radical (unpaired) electrons. The number of benzene rings is 1. The Kier molecular flexibility index (Phi) is 3.29. The molecule has 0 N–H and O–H groups in total. The van der Waals surface area contributed by atoms with Crippen LogP contribution in [0.4, 0.5) is 8.78 Å². The van der Waals surface area contributed by atoms with E-state index >= 15 is 0 Å². The van der Waals surface area contributed by atoms with Gasteiger partial charge in [0.1, 0.15) is 11.5 Å². The van der Waals surface area contributed by atoms with Gasteiger partial charge in [-0.2, -0.15) is 0 Å². The summed E-state index contributed by atoms with van der Waals surface area (Å²) in [4.78, 5) is 3.88. The van der Waals surface area contributed by atoms with Gasteiger partial charge in [-0.25, -0.2) is 8.78 Å². The summed E-state index contributed by atoms with van der Waals surface area (Å²) in [5.41, 5.74) is 0.700. The number of aromatic nitrogens is 1. The molecule has 0 aliphatic heterocycles. The summed E-state index contributed by atoms with van der Waals surface area (Å²) in [6.45, 7) is 0. The van der Waals surface area contributed by atoms with Gasteiger partial charge in [-0.3, -0.25) is 4.98 Å².